The summed E-state index contributed by atoms with van der Waals surface area (Å²) in [5, 5.41) is 2.56. The Bertz CT molecular complexity index is 460. The second-order valence-electron chi connectivity index (χ2n) is 3.92. The summed E-state index contributed by atoms with van der Waals surface area (Å²) < 4.78 is 17.5. The fourth-order valence-corrected chi connectivity index (χ4v) is 1.59. The van der Waals surface area contributed by atoms with Crippen LogP contribution in [0.3, 0.4) is 0 Å². The second kappa shape index (κ2) is 6.14. The number of ether oxygens (including phenoxy) is 1. The maximum absolute atomic E-state index is 12.9. The van der Waals surface area contributed by atoms with E-state index in [-0.39, 0.29) is 0 Å². The molecule has 0 aromatic heterocycles. The summed E-state index contributed by atoms with van der Waals surface area (Å²) in [5.74, 6) is -1.31. The topological polar surface area (TPSA) is 55.4 Å². The van der Waals surface area contributed by atoms with E-state index in [1.165, 1.54) is 25.3 Å². The van der Waals surface area contributed by atoms with Crippen molar-refractivity contribution in [1.82, 2.24) is 5.32 Å². The molecule has 0 heterocycles. The number of nitrogens with one attached hydrogen (secondary N) is 1. The summed E-state index contributed by atoms with van der Waals surface area (Å²) in [4.78, 5) is 23.3. The van der Waals surface area contributed by atoms with Crippen LogP contribution in [0.15, 0.2) is 18.2 Å². The van der Waals surface area contributed by atoms with E-state index in [2.05, 4.69) is 10.1 Å². The van der Waals surface area contributed by atoms with Crippen molar-refractivity contribution in [1.29, 1.82) is 0 Å². The van der Waals surface area contributed by atoms with Gasteiger partial charge in [-0.2, -0.15) is 0 Å². The summed E-state index contributed by atoms with van der Waals surface area (Å²) in [5.41, 5.74) is 0.867. The number of hydrogen-bond donors (Lipinski definition) is 1. The minimum atomic E-state index is -0.688. The molecule has 0 aliphatic carbocycles. The Morgan fingerprint density at radius 2 is 2.11 bits per heavy atom. The first-order valence-electron chi connectivity index (χ1n) is 5.64. The van der Waals surface area contributed by atoms with Gasteiger partial charge in [-0.1, -0.05) is 6.92 Å². The van der Waals surface area contributed by atoms with Crippen LogP contribution >= 0.6 is 0 Å². The lowest BCUT2D eigenvalue weighted by molar-refractivity contribution is -0.142. The summed E-state index contributed by atoms with van der Waals surface area (Å²) in [6, 6.07) is 3.19. The van der Waals surface area contributed by atoms with Crippen LogP contribution in [0, 0.1) is 12.7 Å². The third-order valence-corrected chi connectivity index (χ3v) is 2.63. The van der Waals surface area contributed by atoms with Crippen molar-refractivity contribution < 1.29 is 18.7 Å². The Morgan fingerprint density at radius 1 is 1.44 bits per heavy atom. The fraction of sp³-hybridized carbons (Fsp3) is 0.385. The van der Waals surface area contributed by atoms with Crippen molar-refractivity contribution in [2.75, 3.05) is 7.11 Å². The minimum absolute atomic E-state index is 0.346. The van der Waals surface area contributed by atoms with Crippen molar-refractivity contribution in [3.8, 4) is 0 Å². The molecule has 1 aromatic rings. The van der Waals surface area contributed by atoms with Crippen molar-refractivity contribution in [2.24, 2.45) is 0 Å². The van der Waals surface area contributed by atoms with Gasteiger partial charge in [0.05, 0.1) is 7.11 Å². The fourth-order valence-electron chi connectivity index (χ4n) is 1.59. The molecule has 1 unspecified atom stereocenters. The standard InChI is InChI=1S/C13H16FNO3/c1-4-11(13(17)18-3)15-12(16)10-6-5-9(14)7-8(10)2/h5-7,11H,4H2,1-3H3,(H,15,16). The molecule has 0 spiro atoms. The van der Waals surface area contributed by atoms with Gasteiger partial charge in [-0.05, 0) is 37.1 Å². The molecule has 98 valence electrons. The first kappa shape index (κ1) is 14.2. The van der Waals surface area contributed by atoms with E-state index in [0.29, 0.717) is 17.5 Å². The molecular weight excluding hydrogens is 237 g/mol. The van der Waals surface area contributed by atoms with Crippen LogP contribution in [-0.2, 0) is 9.53 Å². The quantitative estimate of drug-likeness (QED) is 0.833. The van der Waals surface area contributed by atoms with Crippen LogP contribution in [0.4, 0.5) is 4.39 Å². The van der Waals surface area contributed by atoms with Crippen LogP contribution in [0.1, 0.15) is 29.3 Å². The van der Waals surface area contributed by atoms with Crippen LogP contribution < -0.4 is 5.32 Å². The highest BCUT2D eigenvalue weighted by Crippen LogP contribution is 2.10. The molecule has 0 bridgehead atoms. The van der Waals surface area contributed by atoms with E-state index in [4.69, 9.17) is 0 Å². The van der Waals surface area contributed by atoms with Gasteiger partial charge in [0.2, 0.25) is 0 Å². The molecule has 0 fully saturated rings. The highest BCUT2D eigenvalue weighted by molar-refractivity contribution is 5.97. The van der Waals surface area contributed by atoms with Crippen molar-refractivity contribution in [3.63, 3.8) is 0 Å². The van der Waals surface area contributed by atoms with Gasteiger partial charge in [-0.15, -0.1) is 0 Å². The van der Waals surface area contributed by atoms with Gasteiger partial charge in [0, 0.05) is 5.56 Å². The SMILES string of the molecule is CCC(NC(=O)c1ccc(F)cc1C)C(=O)OC. The molecular formula is C13H16FNO3. The maximum atomic E-state index is 12.9. The lowest BCUT2D eigenvalue weighted by atomic mass is 10.1. The van der Waals surface area contributed by atoms with Crippen LogP contribution in [0.2, 0.25) is 0 Å². The second-order valence-corrected chi connectivity index (χ2v) is 3.92. The molecule has 0 aliphatic heterocycles. The Labute approximate surface area is 105 Å². The molecule has 1 amide bonds. The largest absolute Gasteiger partial charge is 0.467 e. The van der Waals surface area contributed by atoms with Crippen LogP contribution in [0.5, 0.6) is 0 Å². The van der Waals surface area contributed by atoms with Crippen LogP contribution in [-0.4, -0.2) is 25.0 Å². The zero-order valence-corrected chi connectivity index (χ0v) is 10.6. The molecule has 1 rings (SSSR count). The van der Waals surface area contributed by atoms with Crippen molar-refractivity contribution in [2.45, 2.75) is 26.3 Å². The number of amides is 1. The predicted molar refractivity (Wildman–Crippen MR) is 64.7 cm³/mol. The Kier molecular flexibility index (Phi) is 4.83. The summed E-state index contributed by atoms with van der Waals surface area (Å²) in [6.07, 6.45) is 0.429. The number of methoxy groups -OCH3 is 1. The number of esters is 1. The van der Waals surface area contributed by atoms with Gasteiger partial charge in [-0.3, -0.25) is 4.79 Å². The Morgan fingerprint density at radius 3 is 2.61 bits per heavy atom. The van der Waals surface area contributed by atoms with E-state index >= 15 is 0 Å². The van der Waals surface area contributed by atoms with E-state index in [1.54, 1.807) is 13.8 Å². The minimum Gasteiger partial charge on any atom is -0.467 e. The van der Waals surface area contributed by atoms with Gasteiger partial charge in [0.15, 0.2) is 0 Å². The number of aryl methyl sites for hydroxylation is 1. The Hall–Kier alpha value is -1.91. The molecule has 1 N–H and O–H groups in total. The molecule has 5 heteroatoms. The number of hydrogen-bond acceptors (Lipinski definition) is 3. The van der Waals surface area contributed by atoms with Gasteiger partial charge in [0.25, 0.3) is 5.91 Å². The Balaban J connectivity index is 2.84. The van der Waals surface area contributed by atoms with Gasteiger partial charge in [-0.25, -0.2) is 9.18 Å². The van der Waals surface area contributed by atoms with E-state index < -0.39 is 23.7 Å². The highest BCUT2D eigenvalue weighted by atomic mass is 19.1. The zero-order valence-electron chi connectivity index (χ0n) is 10.6. The number of carbonyl (C=O) groups excluding carboxylic acids is 2. The third-order valence-electron chi connectivity index (χ3n) is 2.63. The van der Waals surface area contributed by atoms with Crippen molar-refractivity contribution >= 4 is 11.9 Å². The lowest BCUT2D eigenvalue weighted by Crippen LogP contribution is -2.41. The number of rotatable bonds is 4. The molecule has 1 aromatic carbocycles. The molecule has 1 atom stereocenters. The van der Waals surface area contributed by atoms with E-state index in [1.807, 2.05) is 0 Å². The average Bonchev–Trinajstić information content (AvgIpc) is 2.34. The molecule has 0 saturated heterocycles. The first-order chi connectivity index (χ1) is 8.49. The van der Waals surface area contributed by atoms with E-state index in [9.17, 15) is 14.0 Å². The maximum Gasteiger partial charge on any atom is 0.328 e. The van der Waals surface area contributed by atoms with Crippen molar-refractivity contribution in [3.05, 3.63) is 35.1 Å². The molecule has 18 heavy (non-hydrogen) atoms. The van der Waals surface area contributed by atoms with Gasteiger partial charge < -0.3 is 10.1 Å². The molecule has 0 aliphatic rings. The first-order valence-corrected chi connectivity index (χ1v) is 5.64. The highest BCUT2D eigenvalue weighted by Gasteiger charge is 2.20. The number of carbonyl (C=O) groups is 2. The molecule has 4 nitrogen and oxygen atoms in total. The summed E-state index contributed by atoms with van der Waals surface area (Å²) in [7, 11) is 1.26. The zero-order chi connectivity index (χ0) is 13.7. The van der Waals surface area contributed by atoms with Crippen LogP contribution in [0.25, 0.3) is 0 Å². The smallest absolute Gasteiger partial charge is 0.328 e. The average molecular weight is 253 g/mol. The van der Waals surface area contributed by atoms with Gasteiger partial charge in [0.1, 0.15) is 11.9 Å². The lowest BCUT2D eigenvalue weighted by Gasteiger charge is -2.15. The molecule has 0 radical (unpaired) electrons. The van der Waals surface area contributed by atoms with Gasteiger partial charge >= 0.3 is 5.97 Å². The molecule has 0 saturated carbocycles. The van der Waals surface area contributed by atoms with E-state index in [0.717, 1.165) is 0 Å². The summed E-state index contributed by atoms with van der Waals surface area (Å²) >= 11 is 0. The summed E-state index contributed by atoms with van der Waals surface area (Å²) in [6.45, 7) is 3.40. The third kappa shape index (κ3) is 3.29. The monoisotopic (exact) mass is 253 g/mol. The number of halogens is 1. The number of benzene rings is 1. The predicted octanol–water partition coefficient (Wildman–Crippen LogP) is 1.82. The normalized spacial score (nSPS) is 11.8.